The average molecular weight is 508 g/mol. The molecule has 0 bridgehead atoms. The van der Waals surface area contributed by atoms with E-state index in [0.717, 1.165) is 22.6 Å². The first-order valence-electron chi connectivity index (χ1n) is 11.3. The maximum absolute atomic E-state index is 14.6. The lowest BCUT2D eigenvalue weighted by Gasteiger charge is -2.35. The fourth-order valence-corrected chi connectivity index (χ4v) is 5.50. The summed E-state index contributed by atoms with van der Waals surface area (Å²) in [5.74, 6) is -2.53. The molecule has 1 aromatic heterocycles. The largest absolute Gasteiger partial charge is 0.463 e. The third-order valence-corrected chi connectivity index (χ3v) is 7.42. The summed E-state index contributed by atoms with van der Waals surface area (Å²) in [6.45, 7) is 7.35. The number of benzene rings is 1. The van der Waals surface area contributed by atoms with E-state index < -0.39 is 23.7 Å². The molecular weight excluding hydrogens is 479 g/mol. The number of nitrogens with zero attached hydrogens (tertiary/aromatic N) is 1. The van der Waals surface area contributed by atoms with E-state index in [4.69, 9.17) is 4.74 Å². The normalized spacial score (nSPS) is 17.5. The number of amides is 1. The predicted octanol–water partition coefficient (Wildman–Crippen LogP) is 5.43. The molecule has 0 saturated heterocycles. The Bertz CT molecular complexity index is 1130. The van der Waals surface area contributed by atoms with Gasteiger partial charge in [-0.1, -0.05) is 39.0 Å². The Kier molecular flexibility index (Phi) is 7.50. The molecule has 1 aliphatic carbocycles. The van der Waals surface area contributed by atoms with Gasteiger partial charge in [0, 0.05) is 10.4 Å². The zero-order valence-corrected chi connectivity index (χ0v) is 20.8. The highest BCUT2D eigenvalue weighted by atomic mass is 32.1. The molecule has 1 aliphatic rings. The van der Waals surface area contributed by atoms with Crippen molar-refractivity contribution >= 4 is 28.2 Å². The summed E-state index contributed by atoms with van der Waals surface area (Å²) in [5.41, 5.74) is -2.91. The van der Waals surface area contributed by atoms with E-state index >= 15 is 0 Å². The van der Waals surface area contributed by atoms with Gasteiger partial charge < -0.3 is 15.4 Å². The third kappa shape index (κ3) is 5.30. The lowest BCUT2D eigenvalue weighted by atomic mass is 9.72. The van der Waals surface area contributed by atoms with Gasteiger partial charge in [0.25, 0.3) is 5.91 Å². The second-order valence-corrected chi connectivity index (χ2v) is 10.6. The van der Waals surface area contributed by atoms with Gasteiger partial charge in [0.15, 0.2) is 0 Å². The maximum Gasteiger partial charge on any atom is 0.441 e. The first kappa shape index (κ1) is 26.5. The van der Waals surface area contributed by atoms with Crippen LogP contribution in [-0.4, -0.2) is 30.3 Å². The molecule has 35 heavy (non-hydrogen) atoms. The number of rotatable bonds is 6. The molecule has 2 N–H and O–H groups in total. The number of ether oxygens (including phenoxy) is 1. The van der Waals surface area contributed by atoms with Crippen molar-refractivity contribution in [2.24, 2.45) is 11.3 Å². The first-order chi connectivity index (χ1) is 16.3. The molecular formula is C25H28F3N3O3S. The van der Waals surface area contributed by atoms with Crippen molar-refractivity contribution < 1.29 is 27.5 Å². The Labute approximate surface area is 206 Å². The highest BCUT2D eigenvalue weighted by Gasteiger charge is 2.64. The number of anilines is 1. The van der Waals surface area contributed by atoms with E-state index in [-0.39, 0.29) is 28.1 Å². The molecule has 0 saturated carbocycles. The van der Waals surface area contributed by atoms with Crippen molar-refractivity contribution in [1.82, 2.24) is 5.32 Å². The number of fused-ring (bicyclic) bond motifs is 1. The van der Waals surface area contributed by atoms with Gasteiger partial charge >= 0.3 is 17.8 Å². The van der Waals surface area contributed by atoms with E-state index in [2.05, 4.69) is 26.1 Å². The number of carbonyl (C=O) groups is 2. The number of alkyl halides is 3. The smallest absolute Gasteiger partial charge is 0.441 e. The van der Waals surface area contributed by atoms with Crippen molar-refractivity contribution in [3.63, 3.8) is 0 Å². The van der Waals surface area contributed by atoms with Crippen LogP contribution < -0.4 is 10.6 Å². The lowest BCUT2D eigenvalue weighted by Crippen LogP contribution is -2.69. The number of thiophene rings is 1. The number of esters is 1. The molecule has 2 atom stereocenters. The van der Waals surface area contributed by atoms with Crippen LogP contribution in [0.2, 0.25) is 0 Å². The minimum absolute atomic E-state index is 0.00754. The topological polar surface area (TPSA) is 91.2 Å². The summed E-state index contributed by atoms with van der Waals surface area (Å²) in [7, 11) is 0. The fourth-order valence-electron chi connectivity index (χ4n) is 4.16. The van der Waals surface area contributed by atoms with E-state index in [9.17, 15) is 28.0 Å². The monoisotopic (exact) mass is 507 g/mol. The molecule has 1 amide bonds. The SMILES string of the molecule is CCOC(=O)[C@](NC(=O)c1ccccc1)(Nc1sc2c(c1C#N)CC[C@@H](C(C)(C)C)C2)C(F)(F)F. The number of nitrogens with one attached hydrogen (secondary N) is 2. The van der Waals surface area contributed by atoms with Crippen LogP contribution in [0, 0.1) is 22.7 Å². The number of carbonyl (C=O) groups excluding carboxylic acids is 2. The Balaban J connectivity index is 2.09. The van der Waals surface area contributed by atoms with Crippen molar-refractivity contribution in [3.05, 3.63) is 51.9 Å². The van der Waals surface area contributed by atoms with Crippen molar-refractivity contribution in [1.29, 1.82) is 5.26 Å². The Morgan fingerprint density at radius 3 is 2.40 bits per heavy atom. The molecule has 1 aromatic carbocycles. The van der Waals surface area contributed by atoms with Crippen LogP contribution in [0.4, 0.5) is 18.2 Å². The summed E-state index contributed by atoms with van der Waals surface area (Å²) < 4.78 is 48.5. The first-order valence-corrected chi connectivity index (χ1v) is 12.1. The minimum Gasteiger partial charge on any atom is -0.463 e. The second-order valence-electron chi connectivity index (χ2n) is 9.54. The Hall–Kier alpha value is -3.06. The second kappa shape index (κ2) is 9.90. The molecule has 0 spiro atoms. The fraction of sp³-hybridized carbons (Fsp3) is 0.480. The minimum atomic E-state index is -5.28. The molecule has 2 aromatic rings. The van der Waals surface area contributed by atoms with E-state index in [0.29, 0.717) is 24.3 Å². The zero-order chi connectivity index (χ0) is 26.0. The van der Waals surface area contributed by atoms with Crippen molar-refractivity contribution in [3.8, 4) is 6.07 Å². The molecule has 10 heteroatoms. The van der Waals surface area contributed by atoms with Crippen LogP contribution in [0.3, 0.4) is 0 Å². The zero-order valence-electron chi connectivity index (χ0n) is 20.0. The number of halogens is 3. The van der Waals surface area contributed by atoms with E-state index in [1.165, 1.54) is 31.2 Å². The van der Waals surface area contributed by atoms with Gasteiger partial charge in [-0.2, -0.15) is 18.4 Å². The summed E-state index contributed by atoms with van der Waals surface area (Å²) >= 11 is 1.02. The average Bonchev–Trinajstić information content (AvgIpc) is 3.13. The standard InChI is InChI=1S/C25H28F3N3O3S/c1-5-34-22(33)24(25(26,27)28,30-20(32)15-9-7-6-8-10-15)31-21-18(14-29)17-12-11-16(23(2,3)4)13-19(17)35-21/h6-10,16,31H,5,11-13H2,1-4H3,(H,30,32)/t16-,24+/m1/s1. The molecule has 0 aliphatic heterocycles. The van der Waals surface area contributed by atoms with Gasteiger partial charge in [-0.3, -0.25) is 4.79 Å². The quantitative estimate of drug-likeness (QED) is 0.402. The van der Waals surface area contributed by atoms with E-state index in [1.54, 1.807) is 6.07 Å². The summed E-state index contributed by atoms with van der Waals surface area (Å²) in [5, 5.41) is 13.7. The lowest BCUT2D eigenvalue weighted by molar-refractivity contribution is -0.204. The van der Waals surface area contributed by atoms with Crippen LogP contribution in [0.5, 0.6) is 0 Å². The number of hydrogen-bond acceptors (Lipinski definition) is 6. The molecule has 0 fully saturated rings. The van der Waals surface area contributed by atoms with Crippen molar-refractivity contribution in [2.75, 3.05) is 11.9 Å². The molecule has 1 heterocycles. The van der Waals surface area contributed by atoms with Crippen LogP contribution in [-0.2, 0) is 22.4 Å². The predicted molar refractivity (Wildman–Crippen MR) is 127 cm³/mol. The van der Waals surface area contributed by atoms with Gasteiger partial charge in [-0.15, -0.1) is 11.3 Å². The Morgan fingerprint density at radius 1 is 1.20 bits per heavy atom. The molecule has 3 rings (SSSR count). The highest BCUT2D eigenvalue weighted by Crippen LogP contribution is 2.45. The summed E-state index contributed by atoms with van der Waals surface area (Å²) in [4.78, 5) is 26.4. The molecule has 0 unspecified atom stereocenters. The molecule has 6 nitrogen and oxygen atoms in total. The van der Waals surface area contributed by atoms with Gasteiger partial charge in [0.2, 0.25) is 0 Å². The van der Waals surface area contributed by atoms with E-state index in [1.807, 2.05) is 11.4 Å². The van der Waals surface area contributed by atoms with Crippen LogP contribution in [0.15, 0.2) is 30.3 Å². The van der Waals surface area contributed by atoms with Crippen LogP contribution in [0.1, 0.15) is 60.5 Å². The van der Waals surface area contributed by atoms with Gasteiger partial charge in [-0.25, -0.2) is 4.79 Å². The number of nitriles is 1. The van der Waals surface area contributed by atoms with Crippen molar-refractivity contribution in [2.45, 2.75) is 58.8 Å². The van der Waals surface area contributed by atoms with Gasteiger partial charge in [0.1, 0.15) is 11.1 Å². The Morgan fingerprint density at radius 2 is 1.86 bits per heavy atom. The summed E-state index contributed by atoms with van der Waals surface area (Å²) in [6, 6.07) is 9.27. The summed E-state index contributed by atoms with van der Waals surface area (Å²) in [6.07, 6.45) is -3.31. The van der Waals surface area contributed by atoms with Gasteiger partial charge in [0.05, 0.1) is 12.2 Å². The third-order valence-electron chi connectivity index (χ3n) is 6.25. The molecule has 0 radical (unpaired) electrons. The number of hydrogen-bond donors (Lipinski definition) is 2. The maximum atomic E-state index is 14.6. The highest BCUT2D eigenvalue weighted by molar-refractivity contribution is 7.16. The van der Waals surface area contributed by atoms with Crippen LogP contribution >= 0.6 is 11.3 Å². The van der Waals surface area contributed by atoms with Gasteiger partial charge in [-0.05, 0) is 55.2 Å². The van der Waals surface area contributed by atoms with Crippen LogP contribution in [0.25, 0.3) is 0 Å². The molecule has 188 valence electrons.